The van der Waals surface area contributed by atoms with Crippen LogP contribution in [0, 0.1) is 5.41 Å². The minimum absolute atomic E-state index is 0.134. The Morgan fingerprint density at radius 3 is 2.67 bits per heavy atom. The molecule has 0 saturated carbocycles. The van der Waals surface area contributed by atoms with Crippen LogP contribution in [-0.4, -0.2) is 28.5 Å². The molecule has 0 aliphatic rings. The van der Waals surface area contributed by atoms with Crippen molar-refractivity contribution in [3.05, 3.63) is 29.3 Å². The maximum Gasteiger partial charge on any atom is 0.311 e. The van der Waals surface area contributed by atoms with Crippen LogP contribution in [0.2, 0.25) is 0 Å². The van der Waals surface area contributed by atoms with Gasteiger partial charge in [-0.3, -0.25) is 9.59 Å². The summed E-state index contributed by atoms with van der Waals surface area (Å²) >= 11 is 1.47. The fraction of sp³-hybridized carbons (Fsp3) is 0.400. The minimum atomic E-state index is -0.899. The highest BCUT2D eigenvalue weighted by molar-refractivity contribution is 7.16. The molecule has 0 radical (unpaired) electrons. The second-order valence-electron chi connectivity index (χ2n) is 5.01. The monoisotopic (exact) mass is 306 g/mol. The van der Waals surface area contributed by atoms with Gasteiger partial charge in [0.25, 0.3) is 5.91 Å². The lowest BCUT2D eigenvalue weighted by molar-refractivity contribution is -0.149. The predicted molar refractivity (Wildman–Crippen MR) is 82.6 cm³/mol. The van der Waals surface area contributed by atoms with E-state index in [2.05, 4.69) is 10.3 Å². The van der Waals surface area contributed by atoms with Crippen LogP contribution in [0.3, 0.4) is 0 Å². The van der Waals surface area contributed by atoms with E-state index < -0.39 is 11.4 Å². The van der Waals surface area contributed by atoms with Gasteiger partial charge in [0.05, 0.1) is 21.1 Å². The van der Waals surface area contributed by atoms with E-state index in [1.165, 1.54) is 11.3 Å². The molecule has 1 amide bonds. The summed E-state index contributed by atoms with van der Waals surface area (Å²) in [5.41, 5.74) is 2.22. The Bertz CT molecular complexity index is 662. The van der Waals surface area contributed by atoms with E-state index in [0.717, 1.165) is 10.2 Å². The number of nitrogens with one attached hydrogen (secondary N) is 1. The lowest BCUT2D eigenvalue weighted by Gasteiger charge is -2.26. The molecule has 5 nitrogen and oxygen atoms in total. The molecule has 6 heteroatoms. The molecule has 1 heterocycles. The van der Waals surface area contributed by atoms with Gasteiger partial charge >= 0.3 is 5.97 Å². The number of fused-ring (bicyclic) bond motifs is 1. The smallest absolute Gasteiger partial charge is 0.311 e. The number of carboxylic acid groups (broad SMARTS) is 1. The Kier molecular flexibility index (Phi) is 4.57. The third-order valence-electron chi connectivity index (χ3n) is 3.99. The van der Waals surface area contributed by atoms with Crippen molar-refractivity contribution in [3.8, 4) is 0 Å². The Balaban J connectivity index is 2.12. The fourth-order valence-corrected chi connectivity index (χ4v) is 2.94. The van der Waals surface area contributed by atoms with Gasteiger partial charge in [-0.2, -0.15) is 0 Å². The zero-order valence-corrected chi connectivity index (χ0v) is 12.9. The normalized spacial score (nSPS) is 11.5. The van der Waals surface area contributed by atoms with Crippen LogP contribution in [0.5, 0.6) is 0 Å². The number of nitrogens with zero attached hydrogens (tertiary/aromatic N) is 1. The van der Waals surface area contributed by atoms with Gasteiger partial charge in [-0.15, -0.1) is 11.3 Å². The fourth-order valence-electron chi connectivity index (χ4n) is 2.23. The number of aromatic nitrogens is 1. The first-order valence-corrected chi connectivity index (χ1v) is 7.75. The molecule has 0 saturated heterocycles. The van der Waals surface area contributed by atoms with Crippen molar-refractivity contribution in [3.63, 3.8) is 0 Å². The third-order valence-corrected chi connectivity index (χ3v) is 4.78. The van der Waals surface area contributed by atoms with Gasteiger partial charge < -0.3 is 10.4 Å². The van der Waals surface area contributed by atoms with Crippen LogP contribution >= 0.6 is 11.3 Å². The maximum absolute atomic E-state index is 12.2. The number of rotatable bonds is 6. The minimum Gasteiger partial charge on any atom is -0.481 e. The second kappa shape index (κ2) is 6.22. The Hall–Kier alpha value is -1.95. The number of hydrogen-bond donors (Lipinski definition) is 2. The highest BCUT2D eigenvalue weighted by Crippen LogP contribution is 2.26. The quantitative estimate of drug-likeness (QED) is 0.860. The summed E-state index contributed by atoms with van der Waals surface area (Å²) in [6.45, 7) is 3.79. The number of carbonyl (C=O) groups is 2. The molecule has 0 atom stereocenters. The number of benzene rings is 1. The van der Waals surface area contributed by atoms with Crippen LogP contribution in [0.15, 0.2) is 23.7 Å². The van der Waals surface area contributed by atoms with Gasteiger partial charge in [0.1, 0.15) is 0 Å². The summed E-state index contributed by atoms with van der Waals surface area (Å²) in [4.78, 5) is 27.8. The van der Waals surface area contributed by atoms with E-state index in [9.17, 15) is 14.7 Å². The third kappa shape index (κ3) is 3.05. The topological polar surface area (TPSA) is 79.3 Å². The molecule has 2 aromatic rings. The lowest BCUT2D eigenvalue weighted by atomic mass is 9.82. The predicted octanol–water partition coefficient (Wildman–Crippen LogP) is 2.92. The van der Waals surface area contributed by atoms with Crippen LogP contribution in [0.4, 0.5) is 0 Å². The van der Waals surface area contributed by atoms with E-state index in [1.54, 1.807) is 23.7 Å². The standard InChI is InChI=1S/C15H18N2O3S/c1-3-15(4-2,14(19)20)8-16-13(18)10-5-6-11-12(7-10)21-9-17-11/h5-7,9H,3-4,8H2,1-2H3,(H,16,18)(H,19,20). The summed E-state index contributed by atoms with van der Waals surface area (Å²) in [5.74, 6) is -1.12. The SMILES string of the molecule is CCC(CC)(CNC(=O)c1ccc2ncsc2c1)C(=O)O. The highest BCUT2D eigenvalue weighted by atomic mass is 32.1. The molecule has 0 aliphatic heterocycles. The molecular formula is C15H18N2O3S. The van der Waals surface area contributed by atoms with Crippen molar-refractivity contribution < 1.29 is 14.7 Å². The number of hydrogen-bond acceptors (Lipinski definition) is 4. The highest BCUT2D eigenvalue weighted by Gasteiger charge is 2.35. The number of amides is 1. The van der Waals surface area contributed by atoms with Gasteiger partial charge in [0, 0.05) is 12.1 Å². The first-order chi connectivity index (χ1) is 10.0. The second-order valence-corrected chi connectivity index (χ2v) is 5.90. The molecule has 1 aromatic heterocycles. The zero-order valence-electron chi connectivity index (χ0n) is 12.0. The van der Waals surface area contributed by atoms with Gasteiger partial charge in [-0.25, -0.2) is 4.98 Å². The lowest BCUT2D eigenvalue weighted by Crippen LogP contribution is -2.42. The number of carbonyl (C=O) groups excluding carboxylic acids is 1. The number of carboxylic acids is 1. The molecule has 0 fully saturated rings. The van der Waals surface area contributed by atoms with Crippen molar-refractivity contribution in [1.82, 2.24) is 10.3 Å². The van der Waals surface area contributed by atoms with Gasteiger partial charge in [0.2, 0.25) is 0 Å². The molecule has 0 aliphatic carbocycles. The van der Waals surface area contributed by atoms with Gasteiger partial charge in [0.15, 0.2) is 0 Å². The van der Waals surface area contributed by atoms with Crippen molar-refractivity contribution in [2.75, 3.05) is 6.54 Å². The molecule has 21 heavy (non-hydrogen) atoms. The summed E-state index contributed by atoms with van der Waals surface area (Å²) in [5, 5.41) is 12.1. The number of aliphatic carboxylic acids is 1. The molecule has 1 aromatic carbocycles. The van der Waals surface area contributed by atoms with Crippen LogP contribution in [-0.2, 0) is 4.79 Å². The van der Waals surface area contributed by atoms with E-state index in [-0.39, 0.29) is 12.5 Å². The van der Waals surface area contributed by atoms with Crippen LogP contribution < -0.4 is 5.32 Å². The molecule has 112 valence electrons. The zero-order chi connectivity index (χ0) is 15.5. The number of thiazole rings is 1. The van der Waals surface area contributed by atoms with Crippen molar-refractivity contribution in [2.45, 2.75) is 26.7 Å². The summed E-state index contributed by atoms with van der Waals surface area (Å²) < 4.78 is 0.943. The first-order valence-electron chi connectivity index (χ1n) is 6.87. The van der Waals surface area contributed by atoms with E-state index >= 15 is 0 Å². The van der Waals surface area contributed by atoms with Crippen molar-refractivity contribution >= 4 is 33.4 Å². The van der Waals surface area contributed by atoms with Crippen LogP contribution in [0.1, 0.15) is 37.0 Å². The molecule has 2 N–H and O–H groups in total. The first kappa shape index (κ1) is 15.4. The molecule has 0 spiro atoms. The average molecular weight is 306 g/mol. The average Bonchev–Trinajstić information content (AvgIpc) is 2.95. The van der Waals surface area contributed by atoms with Crippen LogP contribution in [0.25, 0.3) is 10.2 Å². The molecule has 0 unspecified atom stereocenters. The summed E-state index contributed by atoms with van der Waals surface area (Å²) in [6.07, 6.45) is 0.958. The van der Waals surface area contributed by atoms with Crippen molar-refractivity contribution in [1.29, 1.82) is 0 Å². The Morgan fingerprint density at radius 1 is 1.33 bits per heavy atom. The molecule has 2 rings (SSSR count). The van der Waals surface area contributed by atoms with Gasteiger partial charge in [-0.1, -0.05) is 13.8 Å². The Morgan fingerprint density at radius 2 is 2.05 bits per heavy atom. The molecule has 0 bridgehead atoms. The Labute approximate surface area is 127 Å². The van der Waals surface area contributed by atoms with Gasteiger partial charge in [-0.05, 0) is 31.0 Å². The maximum atomic E-state index is 12.2. The van der Waals surface area contributed by atoms with Crippen molar-refractivity contribution in [2.24, 2.45) is 5.41 Å². The van der Waals surface area contributed by atoms with E-state index in [0.29, 0.717) is 18.4 Å². The molecular weight excluding hydrogens is 288 g/mol. The van der Waals surface area contributed by atoms with E-state index in [1.807, 2.05) is 13.8 Å². The largest absolute Gasteiger partial charge is 0.481 e. The summed E-state index contributed by atoms with van der Waals surface area (Å²) in [7, 11) is 0. The summed E-state index contributed by atoms with van der Waals surface area (Å²) in [6, 6.07) is 5.28. The van der Waals surface area contributed by atoms with E-state index in [4.69, 9.17) is 0 Å².